The maximum absolute atomic E-state index is 12.1. The Bertz CT molecular complexity index is 564. The lowest BCUT2D eigenvalue weighted by Gasteiger charge is -2.12. The van der Waals surface area contributed by atoms with Crippen LogP contribution in [0.4, 0.5) is 13.2 Å². The van der Waals surface area contributed by atoms with E-state index in [1.807, 2.05) is 0 Å². The number of hydrogen-bond acceptors (Lipinski definition) is 2. The average Bonchev–Trinajstić information content (AvgIpc) is 2.50. The van der Waals surface area contributed by atoms with Crippen LogP contribution in [-0.4, -0.2) is 44.2 Å². The maximum atomic E-state index is 12.1. The number of hydrogen-bond donors (Lipinski definition) is 3. The fourth-order valence-electron chi connectivity index (χ4n) is 1.73. The lowest BCUT2D eigenvalue weighted by molar-refractivity contribution is -0.132. The molecule has 9 heteroatoms. The molecule has 0 aromatic heterocycles. The van der Waals surface area contributed by atoms with Gasteiger partial charge in [-0.05, 0) is 19.1 Å². The van der Waals surface area contributed by atoms with Crippen LogP contribution in [0.3, 0.4) is 0 Å². The van der Waals surface area contributed by atoms with E-state index in [9.17, 15) is 18.0 Å². The van der Waals surface area contributed by atoms with Gasteiger partial charge in [-0.3, -0.25) is 9.79 Å². The molecule has 24 heavy (non-hydrogen) atoms. The molecule has 1 aromatic carbocycles. The van der Waals surface area contributed by atoms with Crippen molar-refractivity contribution in [2.24, 2.45) is 4.99 Å². The minimum Gasteiger partial charge on any atom is -0.357 e. The Morgan fingerprint density at radius 3 is 2.46 bits per heavy atom. The minimum atomic E-state index is -4.23. The molecule has 0 spiro atoms. The predicted molar refractivity (Wildman–Crippen MR) is 88.4 cm³/mol. The quantitative estimate of drug-likeness (QED) is 0.396. The van der Waals surface area contributed by atoms with Gasteiger partial charge in [-0.1, -0.05) is 23.7 Å². The number of halogens is 4. The van der Waals surface area contributed by atoms with Crippen LogP contribution in [-0.2, 0) is 0 Å². The zero-order valence-corrected chi connectivity index (χ0v) is 14.0. The highest BCUT2D eigenvalue weighted by Crippen LogP contribution is 2.18. The van der Waals surface area contributed by atoms with Crippen molar-refractivity contribution in [2.45, 2.75) is 19.5 Å². The minimum absolute atomic E-state index is 0.272. The van der Waals surface area contributed by atoms with Gasteiger partial charge in [0.25, 0.3) is 5.91 Å². The van der Waals surface area contributed by atoms with Crippen LogP contribution in [0, 0.1) is 0 Å². The standard InChI is InChI=1S/C15H20ClF3N4O/c1-2-20-14(22-8-7-15(17,18)19)23-10-9-21-13(24)11-5-3-4-6-12(11)16/h3-6H,2,7-10H2,1H3,(H,21,24)(H2,20,22,23). The van der Waals surface area contributed by atoms with E-state index in [0.29, 0.717) is 23.7 Å². The van der Waals surface area contributed by atoms with Crippen molar-refractivity contribution in [3.05, 3.63) is 34.9 Å². The second kappa shape index (κ2) is 10.0. The highest BCUT2D eigenvalue weighted by Gasteiger charge is 2.26. The number of aliphatic imine (C=N–C) groups is 1. The summed E-state index contributed by atoms with van der Waals surface area (Å²) in [6, 6.07) is 6.65. The molecule has 0 aliphatic heterocycles. The van der Waals surface area contributed by atoms with E-state index in [-0.39, 0.29) is 25.0 Å². The molecular formula is C15H20ClF3N4O. The monoisotopic (exact) mass is 364 g/mol. The first-order valence-corrected chi connectivity index (χ1v) is 7.83. The SMILES string of the molecule is CCNC(=NCCC(F)(F)F)NCCNC(=O)c1ccccc1Cl. The van der Waals surface area contributed by atoms with Gasteiger partial charge in [0.2, 0.25) is 0 Å². The summed E-state index contributed by atoms with van der Waals surface area (Å²) in [5.74, 6) is -0.0462. The summed E-state index contributed by atoms with van der Waals surface area (Å²) in [6.45, 7) is 2.55. The van der Waals surface area contributed by atoms with Gasteiger partial charge in [0.1, 0.15) is 0 Å². The van der Waals surface area contributed by atoms with Crippen molar-refractivity contribution in [1.82, 2.24) is 16.0 Å². The number of amides is 1. The number of carbonyl (C=O) groups is 1. The molecule has 0 atom stereocenters. The normalized spacial score (nSPS) is 12.0. The number of carbonyl (C=O) groups excluding carboxylic acids is 1. The number of alkyl halides is 3. The zero-order chi connectivity index (χ0) is 18.0. The first-order valence-electron chi connectivity index (χ1n) is 7.45. The van der Waals surface area contributed by atoms with Crippen molar-refractivity contribution in [3.63, 3.8) is 0 Å². The van der Waals surface area contributed by atoms with Crippen molar-refractivity contribution in [3.8, 4) is 0 Å². The molecule has 134 valence electrons. The van der Waals surface area contributed by atoms with Crippen LogP contribution < -0.4 is 16.0 Å². The fourth-order valence-corrected chi connectivity index (χ4v) is 1.96. The van der Waals surface area contributed by atoms with E-state index < -0.39 is 12.6 Å². The van der Waals surface area contributed by atoms with Crippen LogP contribution >= 0.6 is 11.6 Å². The van der Waals surface area contributed by atoms with Crippen LogP contribution in [0.2, 0.25) is 5.02 Å². The highest BCUT2D eigenvalue weighted by atomic mass is 35.5. The Morgan fingerprint density at radius 1 is 1.17 bits per heavy atom. The molecule has 5 nitrogen and oxygen atoms in total. The maximum Gasteiger partial charge on any atom is 0.390 e. The molecule has 0 bridgehead atoms. The molecule has 0 saturated heterocycles. The molecule has 0 unspecified atom stereocenters. The molecule has 1 rings (SSSR count). The molecule has 1 aromatic rings. The third kappa shape index (κ3) is 8.05. The first kappa shape index (κ1) is 20.1. The van der Waals surface area contributed by atoms with Crippen LogP contribution in [0.25, 0.3) is 0 Å². The van der Waals surface area contributed by atoms with E-state index in [0.717, 1.165) is 0 Å². The Kier molecular flexibility index (Phi) is 8.39. The molecule has 0 aliphatic carbocycles. The summed E-state index contributed by atoms with van der Waals surface area (Å²) in [7, 11) is 0. The Labute approximate surface area is 143 Å². The van der Waals surface area contributed by atoms with E-state index in [1.165, 1.54) is 0 Å². The number of nitrogens with one attached hydrogen (secondary N) is 3. The van der Waals surface area contributed by atoms with Crippen molar-refractivity contribution >= 4 is 23.5 Å². The Balaban J connectivity index is 2.38. The number of nitrogens with zero attached hydrogens (tertiary/aromatic N) is 1. The van der Waals surface area contributed by atoms with Gasteiger partial charge in [0, 0.05) is 19.6 Å². The van der Waals surface area contributed by atoms with Crippen LogP contribution in [0.5, 0.6) is 0 Å². The van der Waals surface area contributed by atoms with Crippen molar-refractivity contribution in [1.29, 1.82) is 0 Å². The Hall–Kier alpha value is -1.96. The second-order valence-electron chi connectivity index (χ2n) is 4.79. The topological polar surface area (TPSA) is 65.5 Å². The van der Waals surface area contributed by atoms with Gasteiger partial charge < -0.3 is 16.0 Å². The van der Waals surface area contributed by atoms with E-state index >= 15 is 0 Å². The van der Waals surface area contributed by atoms with Gasteiger partial charge in [0.15, 0.2) is 5.96 Å². The van der Waals surface area contributed by atoms with Crippen LogP contribution in [0.15, 0.2) is 29.3 Å². The second-order valence-corrected chi connectivity index (χ2v) is 5.20. The van der Waals surface area contributed by atoms with Gasteiger partial charge in [-0.15, -0.1) is 0 Å². The fraction of sp³-hybridized carbons (Fsp3) is 0.467. The summed E-state index contributed by atoms with van der Waals surface area (Å²) < 4.78 is 36.3. The van der Waals surface area contributed by atoms with Crippen LogP contribution in [0.1, 0.15) is 23.7 Å². The molecule has 1 amide bonds. The van der Waals surface area contributed by atoms with Gasteiger partial charge in [0.05, 0.1) is 23.6 Å². The third-order valence-corrected chi connectivity index (χ3v) is 3.16. The molecule has 0 aliphatic rings. The van der Waals surface area contributed by atoms with Gasteiger partial charge in [-0.2, -0.15) is 13.2 Å². The third-order valence-electron chi connectivity index (χ3n) is 2.83. The smallest absolute Gasteiger partial charge is 0.357 e. The van der Waals surface area contributed by atoms with Crippen molar-refractivity contribution < 1.29 is 18.0 Å². The largest absolute Gasteiger partial charge is 0.390 e. The molecule has 0 radical (unpaired) electrons. The Morgan fingerprint density at radius 2 is 1.83 bits per heavy atom. The molecular weight excluding hydrogens is 345 g/mol. The molecule has 3 N–H and O–H groups in total. The number of benzene rings is 1. The molecule has 0 saturated carbocycles. The lowest BCUT2D eigenvalue weighted by Crippen LogP contribution is -2.41. The van der Waals surface area contributed by atoms with Crippen molar-refractivity contribution in [2.75, 3.05) is 26.2 Å². The molecule has 0 fully saturated rings. The predicted octanol–water partition coefficient (Wildman–Crippen LogP) is 2.58. The van der Waals surface area contributed by atoms with E-state index in [4.69, 9.17) is 11.6 Å². The summed E-state index contributed by atoms with van der Waals surface area (Å²) in [4.78, 5) is 15.8. The van der Waals surface area contributed by atoms with Gasteiger partial charge in [-0.25, -0.2) is 0 Å². The summed E-state index contributed by atoms with van der Waals surface area (Å²) in [6.07, 6.45) is -5.21. The average molecular weight is 365 g/mol. The van der Waals surface area contributed by atoms with E-state index in [1.54, 1.807) is 31.2 Å². The molecule has 0 heterocycles. The number of rotatable bonds is 7. The summed E-state index contributed by atoms with van der Waals surface area (Å²) in [5, 5.41) is 8.71. The summed E-state index contributed by atoms with van der Waals surface area (Å²) in [5.41, 5.74) is 0.366. The lowest BCUT2D eigenvalue weighted by atomic mass is 10.2. The highest BCUT2D eigenvalue weighted by molar-refractivity contribution is 6.33. The summed E-state index contributed by atoms with van der Waals surface area (Å²) >= 11 is 5.92. The zero-order valence-electron chi connectivity index (χ0n) is 13.2. The number of guanidine groups is 1. The van der Waals surface area contributed by atoms with Gasteiger partial charge >= 0.3 is 6.18 Å². The first-order chi connectivity index (χ1) is 11.3. The van der Waals surface area contributed by atoms with E-state index in [2.05, 4.69) is 20.9 Å².